The lowest BCUT2D eigenvalue weighted by Gasteiger charge is -2.39. The number of allylic oxidation sites excluding steroid dienone is 6. The molecule has 0 N–H and O–H groups in total. The van der Waals surface area contributed by atoms with Gasteiger partial charge in [-0.25, -0.2) is 0 Å². The molecular formula is C46H60. The van der Waals surface area contributed by atoms with Crippen molar-refractivity contribution in [2.45, 2.75) is 141 Å². The van der Waals surface area contributed by atoms with Gasteiger partial charge in [-0.3, -0.25) is 0 Å². The van der Waals surface area contributed by atoms with Crippen LogP contribution < -0.4 is 0 Å². The molecule has 0 aliphatic heterocycles. The van der Waals surface area contributed by atoms with Crippen LogP contribution in [-0.2, 0) is 10.8 Å². The van der Waals surface area contributed by atoms with E-state index in [2.05, 4.69) is 102 Å². The van der Waals surface area contributed by atoms with Crippen molar-refractivity contribution in [2.75, 3.05) is 0 Å². The number of hydrogen-bond acceptors (Lipinski definition) is 0. The van der Waals surface area contributed by atoms with Gasteiger partial charge in [-0.05, 0) is 161 Å². The van der Waals surface area contributed by atoms with E-state index in [4.69, 9.17) is 0 Å². The van der Waals surface area contributed by atoms with Crippen LogP contribution in [0.15, 0.2) is 71.8 Å². The fourth-order valence-electron chi connectivity index (χ4n) is 11.3. The van der Waals surface area contributed by atoms with E-state index < -0.39 is 0 Å². The molecule has 0 heteroatoms. The molecule has 2 aromatic rings. The molecule has 0 saturated heterocycles. The van der Waals surface area contributed by atoms with Crippen molar-refractivity contribution in [3.8, 4) is 11.1 Å². The largest absolute Gasteiger partial charge is 0.0848 e. The lowest BCUT2D eigenvalue weighted by Crippen LogP contribution is -2.30. The summed E-state index contributed by atoms with van der Waals surface area (Å²) in [5.74, 6) is 6.24. The lowest BCUT2D eigenvalue weighted by molar-refractivity contribution is 0.160. The molecule has 2 aromatic carbocycles. The Morgan fingerprint density at radius 3 is 1.85 bits per heavy atom. The van der Waals surface area contributed by atoms with Gasteiger partial charge in [0.2, 0.25) is 0 Å². The molecule has 0 radical (unpaired) electrons. The minimum Gasteiger partial charge on any atom is -0.0848 e. The molecule has 0 spiro atoms. The molecule has 46 heavy (non-hydrogen) atoms. The number of fused-ring (bicyclic) bond motifs is 5. The summed E-state index contributed by atoms with van der Waals surface area (Å²) in [7, 11) is 0. The monoisotopic (exact) mass is 612 g/mol. The first-order valence-corrected chi connectivity index (χ1v) is 19.4. The van der Waals surface area contributed by atoms with Gasteiger partial charge in [0, 0.05) is 0 Å². The SMILES string of the molecule is CC(C)(C)c1ccc(-c2ccc(C(C)(C)C)cc2C2CC3C=CC4CCCCC4C3C2)c(C2CC3C=CC4=C(CCCC4)C3C2)c1. The van der Waals surface area contributed by atoms with Crippen molar-refractivity contribution >= 4 is 0 Å². The van der Waals surface area contributed by atoms with Crippen LogP contribution in [0, 0.1) is 35.5 Å². The Morgan fingerprint density at radius 1 is 0.543 bits per heavy atom. The molecule has 244 valence electrons. The van der Waals surface area contributed by atoms with Crippen LogP contribution >= 0.6 is 0 Å². The summed E-state index contributed by atoms with van der Waals surface area (Å²) >= 11 is 0. The Kier molecular flexibility index (Phi) is 7.85. The fraction of sp³-hybridized carbons (Fsp3) is 0.609. The predicted octanol–water partition coefficient (Wildman–Crippen LogP) is 13.0. The molecule has 8 unspecified atom stereocenters. The van der Waals surface area contributed by atoms with Crippen LogP contribution in [-0.4, -0.2) is 0 Å². The Morgan fingerprint density at radius 2 is 1.15 bits per heavy atom. The third-order valence-electron chi connectivity index (χ3n) is 13.9. The van der Waals surface area contributed by atoms with Gasteiger partial charge in [-0.1, -0.05) is 121 Å². The normalized spacial score (nSPS) is 33.9. The Balaban J connectivity index is 1.21. The van der Waals surface area contributed by atoms with E-state index >= 15 is 0 Å². The highest BCUT2D eigenvalue weighted by Crippen LogP contribution is 2.57. The maximum absolute atomic E-state index is 2.68. The van der Waals surface area contributed by atoms with Gasteiger partial charge in [0.15, 0.2) is 0 Å². The molecule has 3 saturated carbocycles. The van der Waals surface area contributed by atoms with Crippen molar-refractivity contribution in [1.82, 2.24) is 0 Å². The quantitative estimate of drug-likeness (QED) is 0.303. The van der Waals surface area contributed by atoms with Crippen LogP contribution in [0.1, 0.15) is 153 Å². The molecule has 0 bridgehead atoms. The maximum Gasteiger partial charge on any atom is -0.0128 e. The molecule has 6 aliphatic rings. The maximum atomic E-state index is 2.68. The van der Waals surface area contributed by atoms with Crippen molar-refractivity contribution in [1.29, 1.82) is 0 Å². The van der Waals surface area contributed by atoms with E-state index in [9.17, 15) is 0 Å². The van der Waals surface area contributed by atoms with Crippen molar-refractivity contribution in [3.05, 3.63) is 94.1 Å². The summed E-state index contributed by atoms with van der Waals surface area (Å²) in [4.78, 5) is 0. The molecule has 0 amide bonds. The first kappa shape index (κ1) is 31.0. The van der Waals surface area contributed by atoms with Crippen LogP contribution in [0.4, 0.5) is 0 Å². The molecule has 0 heterocycles. The second-order valence-corrected chi connectivity index (χ2v) is 18.7. The average molecular weight is 613 g/mol. The van der Waals surface area contributed by atoms with Crippen LogP contribution in [0.25, 0.3) is 11.1 Å². The lowest BCUT2D eigenvalue weighted by atomic mass is 9.66. The molecule has 6 aliphatic carbocycles. The second kappa shape index (κ2) is 11.7. The molecule has 8 atom stereocenters. The smallest absolute Gasteiger partial charge is 0.0128 e. The molecule has 8 rings (SSSR count). The topological polar surface area (TPSA) is 0 Å². The minimum atomic E-state index is 0.153. The highest BCUT2D eigenvalue weighted by Gasteiger charge is 2.45. The Hall–Kier alpha value is -2.34. The summed E-state index contributed by atoms with van der Waals surface area (Å²) < 4.78 is 0. The van der Waals surface area contributed by atoms with Gasteiger partial charge < -0.3 is 0 Å². The minimum absolute atomic E-state index is 0.153. The van der Waals surface area contributed by atoms with Gasteiger partial charge in [0.25, 0.3) is 0 Å². The van der Waals surface area contributed by atoms with Crippen molar-refractivity contribution in [2.24, 2.45) is 35.5 Å². The molecule has 0 nitrogen and oxygen atoms in total. The zero-order chi connectivity index (χ0) is 31.8. The number of hydrogen-bond donors (Lipinski definition) is 0. The van der Waals surface area contributed by atoms with Gasteiger partial charge in [-0.15, -0.1) is 0 Å². The first-order chi connectivity index (χ1) is 22.0. The Labute approximate surface area is 281 Å². The predicted molar refractivity (Wildman–Crippen MR) is 196 cm³/mol. The second-order valence-electron chi connectivity index (χ2n) is 18.7. The van der Waals surface area contributed by atoms with Gasteiger partial charge in [0.05, 0.1) is 0 Å². The highest BCUT2D eigenvalue weighted by molar-refractivity contribution is 5.74. The van der Waals surface area contributed by atoms with Crippen molar-refractivity contribution in [3.63, 3.8) is 0 Å². The zero-order valence-corrected chi connectivity index (χ0v) is 29.9. The summed E-state index contributed by atoms with van der Waals surface area (Å²) in [5.41, 5.74) is 13.3. The number of rotatable bonds is 3. The number of benzene rings is 2. The summed E-state index contributed by atoms with van der Waals surface area (Å²) in [6.45, 7) is 14.4. The van der Waals surface area contributed by atoms with Crippen LogP contribution in [0.2, 0.25) is 0 Å². The summed E-state index contributed by atoms with van der Waals surface area (Å²) in [6.07, 6.45) is 27.1. The van der Waals surface area contributed by atoms with Gasteiger partial charge in [0.1, 0.15) is 0 Å². The van der Waals surface area contributed by atoms with E-state index in [0.29, 0.717) is 11.8 Å². The summed E-state index contributed by atoms with van der Waals surface area (Å²) in [6, 6.07) is 15.4. The van der Waals surface area contributed by atoms with E-state index in [1.54, 1.807) is 27.8 Å². The third kappa shape index (κ3) is 5.52. The highest BCUT2D eigenvalue weighted by atomic mass is 14.5. The van der Waals surface area contributed by atoms with Crippen molar-refractivity contribution < 1.29 is 0 Å². The van der Waals surface area contributed by atoms with E-state index in [0.717, 1.165) is 35.5 Å². The fourth-order valence-corrected chi connectivity index (χ4v) is 11.3. The zero-order valence-electron chi connectivity index (χ0n) is 29.9. The third-order valence-corrected chi connectivity index (χ3v) is 13.9. The molecule has 0 aromatic heterocycles. The molecular weight excluding hydrogens is 553 g/mol. The standard InChI is InChI=1S/C46H60/c1-45(2,3)35-19-21-39(43(27-35)33-23-31-17-15-29-11-7-9-13-37(29)41(31)25-33)40-22-20-36(46(4,5)6)28-44(40)34-24-32-18-16-30-12-8-10-14-38(30)42(32)26-34/h15-22,27-29,31-34,37,41-42H,7-14,23-26H2,1-6H3. The van der Waals surface area contributed by atoms with E-state index in [-0.39, 0.29) is 10.8 Å². The molecule has 3 fully saturated rings. The van der Waals surface area contributed by atoms with Crippen LogP contribution in [0.5, 0.6) is 0 Å². The van der Waals surface area contributed by atoms with Gasteiger partial charge in [-0.2, -0.15) is 0 Å². The average Bonchev–Trinajstić information content (AvgIpc) is 3.69. The summed E-state index contributed by atoms with van der Waals surface area (Å²) in [5, 5.41) is 0. The van der Waals surface area contributed by atoms with E-state index in [1.165, 1.54) is 88.2 Å². The Bertz CT molecular complexity index is 1560. The van der Waals surface area contributed by atoms with Gasteiger partial charge >= 0.3 is 0 Å². The van der Waals surface area contributed by atoms with Crippen LogP contribution in [0.3, 0.4) is 0 Å². The first-order valence-electron chi connectivity index (χ1n) is 19.4. The van der Waals surface area contributed by atoms with E-state index in [1.807, 2.05) is 5.57 Å².